The van der Waals surface area contributed by atoms with Crippen molar-refractivity contribution in [3.8, 4) is 0 Å². The van der Waals surface area contributed by atoms with Gasteiger partial charge in [0.1, 0.15) is 5.84 Å². The van der Waals surface area contributed by atoms with E-state index in [1.807, 2.05) is 20.2 Å². The Balaban J connectivity index is 1.94. The summed E-state index contributed by atoms with van der Waals surface area (Å²) in [4.78, 5) is 4.44. The minimum Gasteiger partial charge on any atom is -0.350 e. The van der Waals surface area contributed by atoms with Crippen molar-refractivity contribution in [2.75, 3.05) is 19.4 Å². The van der Waals surface area contributed by atoms with Crippen LogP contribution in [0, 0.1) is 5.92 Å². The lowest BCUT2D eigenvalue weighted by Crippen LogP contribution is -2.70. The van der Waals surface area contributed by atoms with E-state index >= 15 is 0 Å². The third kappa shape index (κ3) is 2.51. The Morgan fingerprint density at radius 1 is 1.19 bits per heavy atom. The van der Waals surface area contributed by atoms with Crippen molar-refractivity contribution < 1.29 is 0 Å². The molecule has 0 amide bonds. The number of aliphatic imine (C=N–C) groups is 1. The van der Waals surface area contributed by atoms with Crippen molar-refractivity contribution in [3.05, 3.63) is 29.8 Å². The number of amidine groups is 1. The van der Waals surface area contributed by atoms with Gasteiger partial charge >= 0.3 is 0 Å². The number of anilines is 1. The molecule has 2 aliphatic rings. The number of hydrogen-bond donors (Lipinski definition) is 4. The number of nitrogens with one attached hydrogen (secondary N) is 3. The summed E-state index contributed by atoms with van der Waals surface area (Å²) in [6, 6.07) is 8.65. The molecular formula is C16H25N5. The molecule has 0 radical (unpaired) electrons. The van der Waals surface area contributed by atoms with Crippen molar-refractivity contribution in [3.63, 3.8) is 0 Å². The van der Waals surface area contributed by atoms with Gasteiger partial charge in [0.25, 0.3) is 0 Å². The summed E-state index contributed by atoms with van der Waals surface area (Å²) in [6.07, 6.45) is 4.39. The van der Waals surface area contributed by atoms with Gasteiger partial charge in [0.15, 0.2) is 5.79 Å². The molecule has 3 rings (SSSR count). The van der Waals surface area contributed by atoms with Gasteiger partial charge < -0.3 is 16.4 Å². The number of rotatable bonds is 2. The maximum atomic E-state index is 6.06. The monoisotopic (exact) mass is 287 g/mol. The Kier molecular flexibility index (Phi) is 3.87. The van der Waals surface area contributed by atoms with Crippen molar-refractivity contribution >= 4 is 11.5 Å². The number of nitrogens with two attached hydrogens (primary N) is 1. The van der Waals surface area contributed by atoms with E-state index < -0.39 is 0 Å². The molecule has 1 aliphatic heterocycles. The summed E-state index contributed by atoms with van der Waals surface area (Å²) in [5, 5.41) is 10.7. The van der Waals surface area contributed by atoms with E-state index in [-0.39, 0.29) is 5.79 Å². The molecule has 1 heterocycles. The zero-order valence-electron chi connectivity index (χ0n) is 12.8. The average Bonchev–Trinajstić information content (AvgIpc) is 2.54. The largest absolute Gasteiger partial charge is 0.350 e. The van der Waals surface area contributed by atoms with Crippen molar-refractivity contribution in [1.29, 1.82) is 0 Å². The van der Waals surface area contributed by atoms with Crippen LogP contribution in [-0.2, 0) is 0 Å². The SMILES string of the molecule is CN=C1NC(NC)(C2CCC(N)CC2)Nc2ccccc21. The lowest BCUT2D eigenvalue weighted by Gasteiger charge is -2.48. The zero-order chi connectivity index (χ0) is 14.9. The minimum absolute atomic E-state index is 0.344. The molecule has 0 bridgehead atoms. The second-order valence-corrected chi connectivity index (χ2v) is 6.04. The zero-order valence-corrected chi connectivity index (χ0v) is 12.8. The Labute approximate surface area is 126 Å². The molecule has 21 heavy (non-hydrogen) atoms. The van der Waals surface area contributed by atoms with E-state index in [0.717, 1.165) is 42.8 Å². The third-order valence-corrected chi connectivity index (χ3v) is 4.83. The highest BCUT2D eigenvalue weighted by Crippen LogP contribution is 2.35. The molecule has 1 unspecified atom stereocenters. The predicted octanol–water partition coefficient (Wildman–Crippen LogP) is 1.47. The summed E-state index contributed by atoms with van der Waals surface area (Å²) < 4.78 is 0. The average molecular weight is 287 g/mol. The van der Waals surface area contributed by atoms with Crippen LogP contribution in [-0.4, -0.2) is 31.8 Å². The third-order valence-electron chi connectivity index (χ3n) is 4.83. The van der Waals surface area contributed by atoms with Crippen LogP contribution in [0.15, 0.2) is 29.3 Å². The molecule has 0 aromatic heterocycles. The molecule has 1 atom stereocenters. The Morgan fingerprint density at radius 3 is 2.57 bits per heavy atom. The highest BCUT2D eigenvalue weighted by Gasteiger charge is 2.43. The summed E-state index contributed by atoms with van der Waals surface area (Å²) >= 11 is 0. The van der Waals surface area contributed by atoms with Gasteiger partial charge in [-0.1, -0.05) is 12.1 Å². The van der Waals surface area contributed by atoms with E-state index in [9.17, 15) is 0 Å². The molecular weight excluding hydrogens is 262 g/mol. The van der Waals surface area contributed by atoms with Gasteiger partial charge in [-0.05, 0) is 44.9 Å². The van der Waals surface area contributed by atoms with Crippen LogP contribution in [0.1, 0.15) is 31.2 Å². The lowest BCUT2D eigenvalue weighted by atomic mass is 9.80. The molecule has 1 aromatic rings. The normalized spacial score (nSPS) is 34.0. The number of hydrogen-bond acceptors (Lipinski definition) is 4. The fraction of sp³-hybridized carbons (Fsp3) is 0.562. The molecule has 1 saturated carbocycles. The van der Waals surface area contributed by atoms with E-state index in [0.29, 0.717) is 12.0 Å². The summed E-state index contributed by atoms with van der Waals surface area (Å²) in [6.45, 7) is 0. The van der Waals surface area contributed by atoms with Crippen LogP contribution in [0.2, 0.25) is 0 Å². The van der Waals surface area contributed by atoms with Gasteiger partial charge in [0, 0.05) is 30.3 Å². The molecule has 1 aliphatic carbocycles. The van der Waals surface area contributed by atoms with Crippen LogP contribution in [0.4, 0.5) is 5.69 Å². The Bertz CT molecular complexity index is 533. The van der Waals surface area contributed by atoms with Gasteiger partial charge in [0.05, 0.1) is 0 Å². The van der Waals surface area contributed by atoms with Crippen LogP contribution in [0.25, 0.3) is 0 Å². The quantitative estimate of drug-likeness (QED) is 0.664. The van der Waals surface area contributed by atoms with Crippen LogP contribution in [0.5, 0.6) is 0 Å². The molecule has 1 aromatic carbocycles. The van der Waals surface area contributed by atoms with Gasteiger partial charge in [-0.25, -0.2) is 0 Å². The van der Waals surface area contributed by atoms with Gasteiger partial charge in [-0.2, -0.15) is 0 Å². The van der Waals surface area contributed by atoms with Crippen molar-refractivity contribution in [1.82, 2.24) is 10.6 Å². The second kappa shape index (κ2) is 5.66. The molecule has 1 fully saturated rings. The first kappa shape index (κ1) is 14.4. The molecule has 114 valence electrons. The molecule has 0 spiro atoms. The minimum atomic E-state index is -0.344. The summed E-state index contributed by atoms with van der Waals surface area (Å²) in [7, 11) is 3.83. The first-order chi connectivity index (χ1) is 10.2. The van der Waals surface area contributed by atoms with E-state index in [1.54, 1.807) is 0 Å². The molecule has 0 saturated heterocycles. The highest BCUT2D eigenvalue weighted by molar-refractivity contribution is 6.05. The van der Waals surface area contributed by atoms with Gasteiger partial charge in [0.2, 0.25) is 0 Å². The first-order valence-electron chi connectivity index (χ1n) is 7.75. The van der Waals surface area contributed by atoms with Gasteiger partial charge in [-0.3, -0.25) is 10.3 Å². The fourth-order valence-electron chi connectivity index (χ4n) is 3.56. The first-order valence-corrected chi connectivity index (χ1v) is 7.75. The summed E-state index contributed by atoms with van der Waals surface area (Å²) in [5.74, 6) is 1.07. The maximum absolute atomic E-state index is 6.06. The fourth-order valence-corrected chi connectivity index (χ4v) is 3.56. The van der Waals surface area contributed by atoms with Crippen molar-refractivity contribution in [2.24, 2.45) is 16.6 Å². The maximum Gasteiger partial charge on any atom is 0.168 e. The molecule has 5 heteroatoms. The van der Waals surface area contributed by atoms with E-state index in [1.165, 1.54) is 0 Å². The van der Waals surface area contributed by atoms with Crippen LogP contribution in [0.3, 0.4) is 0 Å². The molecule has 5 nitrogen and oxygen atoms in total. The Hall–Kier alpha value is -1.59. The summed E-state index contributed by atoms with van der Waals surface area (Å²) in [5.41, 5.74) is 8.31. The van der Waals surface area contributed by atoms with Crippen LogP contribution < -0.4 is 21.7 Å². The topological polar surface area (TPSA) is 74.5 Å². The number of para-hydroxylation sites is 1. The lowest BCUT2D eigenvalue weighted by molar-refractivity contribution is 0.169. The van der Waals surface area contributed by atoms with Crippen molar-refractivity contribution in [2.45, 2.75) is 37.5 Å². The standard InChI is InChI=1S/C16H25N5/c1-18-15-13-5-3-4-6-14(13)20-16(19-2,21-15)11-7-9-12(17)10-8-11/h3-6,11-12,19-20H,7-10,17H2,1-2H3,(H,18,21). The second-order valence-electron chi connectivity index (χ2n) is 6.04. The number of benzene rings is 1. The number of fused-ring (bicyclic) bond motifs is 1. The van der Waals surface area contributed by atoms with E-state index in [2.05, 4.69) is 39.1 Å². The predicted molar refractivity (Wildman–Crippen MR) is 87.4 cm³/mol. The smallest absolute Gasteiger partial charge is 0.168 e. The molecule has 5 N–H and O–H groups in total. The van der Waals surface area contributed by atoms with Crippen LogP contribution >= 0.6 is 0 Å². The van der Waals surface area contributed by atoms with Gasteiger partial charge in [-0.15, -0.1) is 0 Å². The van der Waals surface area contributed by atoms with E-state index in [4.69, 9.17) is 5.73 Å². The highest BCUT2D eigenvalue weighted by atomic mass is 15.4. The number of nitrogens with zero attached hydrogens (tertiary/aromatic N) is 1. The Morgan fingerprint density at radius 2 is 1.90 bits per heavy atom.